The van der Waals surface area contributed by atoms with E-state index in [1.165, 1.54) is 0 Å². The Hall–Kier alpha value is -2.12. The summed E-state index contributed by atoms with van der Waals surface area (Å²) in [6.07, 6.45) is 4.43. The van der Waals surface area contributed by atoms with Crippen LogP contribution in [0.3, 0.4) is 0 Å². The lowest BCUT2D eigenvalue weighted by molar-refractivity contribution is -0.121. The molecule has 0 aliphatic carbocycles. The summed E-state index contributed by atoms with van der Waals surface area (Å²) in [6.45, 7) is 3.33. The lowest BCUT2D eigenvalue weighted by Gasteiger charge is -2.32. The highest BCUT2D eigenvalue weighted by molar-refractivity contribution is 7.89. The first kappa shape index (κ1) is 19.6. The molecular formula is C20H26N2O4S. The van der Waals surface area contributed by atoms with Crippen LogP contribution in [0.5, 0.6) is 0 Å². The van der Waals surface area contributed by atoms with Crippen molar-refractivity contribution in [1.29, 1.82) is 0 Å². The van der Waals surface area contributed by atoms with Crippen LogP contribution in [-0.2, 0) is 21.4 Å². The van der Waals surface area contributed by atoms with Crippen LogP contribution < -0.4 is 5.32 Å². The summed E-state index contributed by atoms with van der Waals surface area (Å²) < 4.78 is 32.5. The molecule has 0 bridgehead atoms. The number of rotatable bonds is 7. The fourth-order valence-electron chi connectivity index (χ4n) is 3.36. The molecule has 1 fully saturated rings. The van der Waals surface area contributed by atoms with Gasteiger partial charge in [0.05, 0.1) is 17.7 Å². The van der Waals surface area contributed by atoms with E-state index in [2.05, 4.69) is 5.32 Å². The number of furan rings is 1. The molecular weight excluding hydrogens is 364 g/mol. The molecule has 7 heteroatoms. The Balaban J connectivity index is 1.51. The quantitative estimate of drug-likeness (QED) is 0.788. The molecule has 6 nitrogen and oxygen atoms in total. The molecule has 0 spiro atoms. The van der Waals surface area contributed by atoms with Crippen molar-refractivity contribution in [2.45, 2.75) is 44.0 Å². The van der Waals surface area contributed by atoms with Gasteiger partial charge in [0.2, 0.25) is 15.9 Å². The molecule has 2 heterocycles. The van der Waals surface area contributed by atoms with Crippen LogP contribution in [0.4, 0.5) is 0 Å². The number of hydrogen-bond acceptors (Lipinski definition) is 4. The number of piperidine rings is 1. The van der Waals surface area contributed by atoms with Gasteiger partial charge < -0.3 is 9.73 Å². The van der Waals surface area contributed by atoms with Gasteiger partial charge in [0.1, 0.15) is 5.76 Å². The number of sulfonamides is 1. The molecule has 3 rings (SSSR count). The van der Waals surface area contributed by atoms with Crippen LogP contribution in [-0.4, -0.2) is 31.7 Å². The molecule has 1 aliphatic heterocycles. The van der Waals surface area contributed by atoms with Gasteiger partial charge in [-0.15, -0.1) is 0 Å². The largest absolute Gasteiger partial charge is 0.467 e. The maximum atomic E-state index is 12.9. The van der Waals surface area contributed by atoms with E-state index >= 15 is 0 Å². The predicted octanol–water partition coefficient (Wildman–Crippen LogP) is 3.09. The zero-order valence-electron chi connectivity index (χ0n) is 15.6. The van der Waals surface area contributed by atoms with E-state index in [4.69, 9.17) is 4.42 Å². The minimum absolute atomic E-state index is 0.0371. The monoisotopic (exact) mass is 390 g/mol. The lowest BCUT2D eigenvalue weighted by atomic mass is 9.94. The maximum Gasteiger partial charge on any atom is 0.243 e. The minimum Gasteiger partial charge on any atom is -0.467 e. The first-order valence-electron chi connectivity index (χ1n) is 9.31. The third kappa shape index (κ3) is 5.20. The fourth-order valence-corrected chi connectivity index (χ4v) is 4.92. The van der Waals surface area contributed by atoms with Crippen LogP contribution >= 0.6 is 0 Å². The van der Waals surface area contributed by atoms with E-state index in [9.17, 15) is 13.2 Å². The zero-order valence-corrected chi connectivity index (χ0v) is 16.4. The normalized spacial score (nSPS) is 18.3. The summed E-state index contributed by atoms with van der Waals surface area (Å²) in [5.74, 6) is 0.884. The zero-order chi connectivity index (χ0) is 19.3. The topological polar surface area (TPSA) is 79.6 Å². The van der Waals surface area contributed by atoms with E-state index in [-0.39, 0.29) is 11.8 Å². The van der Waals surface area contributed by atoms with Crippen molar-refractivity contribution in [3.05, 3.63) is 54.0 Å². The van der Waals surface area contributed by atoms with Crippen molar-refractivity contribution in [3.8, 4) is 0 Å². The number of hydrogen-bond donors (Lipinski definition) is 1. The molecule has 1 unspecified atom stereocenters. The Bertz CT molecular complexity index is 845. The van der Waals surface area contributed by atoms with E-state index in [0.29, 0.717) is 37.4 Å². The van der Waals surface area contributed by atoms with Gasteiger partial charge in [-0.2, -0.15) is 4.31 Å². The van der Waals surface area contributed by atoms with Gasteiger partial charge in [-0.05, 0) is 56.4 Å². The second-order valence-corrected chi connectivity index (χ2v) is 9.02. The van der Waals surface area contributed by atoms with Gasteiger partial charge in [-0.1, -0.05) is 17.7 Å². The Morgan fingerprint density at radius 1 is 1.26 bits per heavy atom. The fraction of sp³-hybridized carbons (Fsp3) is 0.450. The Morgan fingerprint density at radius 3 is 2.74 bits per heavy atom. The van der Waals surface area contributed by atoms with Gasteiger partial charge in [-0.3, -0.25) is 4.79 Å². The van der Waals surface area contributed by atoms with Crippen LogP contribution in [0.25, 0.3) is 0 Å². The van der Waals surface area contributed by atoms with E-state index < -0.39 is 10.0 Å². The number of amides is 1. The van der Waals surface area contributed by atoms with E-state index in [0.717, 1.165) is 24.2 Å². The van der Waals surface area contributed by atoms with Crippen molar-refractivity contribution in [2.75, 3.05) is 13.1 Å². The van der Waals surface area contributed by atoms with Crippen molar-refractivity contribution >= 4 is 15.9 Å². The van der Waals surface area contributed by atoms with Gasteiger partial charge in [0, 0.05) is 19.5 Å². The molecule has 146 valence electrons. The third-order valence-corrected chi connectivity index (χ3v) is 6.84. The van der Waals surface area contributed by atoms with Crippen molar-refractivity contribution in [2.24, 2.45) is 5.92 Å². The molecule has 0 saturated carbocycles. The molecule has 1 amide bonds. The summed E-state index contributed by atoms with van der Waals surface area (Å²) >= 11 is 0. The van der Waals surface area contributed by atoms with Gasteiger partial charge in [0.25, 0.3) is 0 Å². The third-order valence-electron chi connectivity index (χ3n) is 4.96. The maximum absolute atomic E-state index is 12.9. The lowest BCUT2D eigenvalue weighted by Crippen LogP contribution is -2.40. The number of nitrogens with one attached hydrogen (secondary N) is 1. The second-order valence-electron chi connectivity index (χ2n) is 7.08. The molecule has 1 aromatic carbocycles. The van der Waals surface area contributed by atoms with E-state index in [1.807, 2.05) is 25.1 Å². The summed E-state index contributed by atoms with van der Waals surface area (Å²) in [6, 6.07) is 10.6. The Morgan fingerprint density at radius 2 is 2.04 bits per heavy atom. The Labute approximate surface area is 160 Å². The van der Waals surface area contributed by atoms with Crippen molar-refractivity contribution < 1.29 is 17.6 Å². The molecule has 0 radical (unpaired) electrons. The summed E-state index contributed by atoms with van der Waals surface area (Å²) in [5.41, 5.74) is 1.03. The number of carbonyl (C=O) groups is 1. The summed E-state index contributed by atoms with van der Waals surface area (Å²) in [5, 5.41) is 2.83. The van der Waals surface area contributed by atoms with E-state index in [1.54, 1.807) is 28.8 Å². The second kappa shape index (κ2) is 8.71. The van der Waals surface area contributed by atoms with Crippen molar-refractivity contribution in [1.82, 2.24) is 9.62 Å². The van der Waals surface area contributed by atoms with Crippen LogP contribution in [0.2, 0.25) is 0 Å². The van der Waals surface area contributed by atoms with Crippen LogP contribution in [0.15, 0.2) is 52.0 Å². The number of nitrogens with zero attached hydrogens (tertiary/aromatic N) is 1. The van der Waals surface area contributed by atoms with Crippen LogP contribution in [0, 0.1) is 12.8 Å². The SMILES string of the molecule is Cc1ccc(S(=O)(=O)N2CCCC(CCC(=O)NCc3ccco3)C2)cc1. The summed E-state index contributed by atoms with van der Waals surface area (Å²) in [7, 11) is -3.47. The molecule has 1 saturated heterocycles. The highest BCUT2D eigenvalue weighted by Crippen LogP contribution is 2.26. The highest BCUT2D eigenvalue weighted by atomic mass is 32.2. The molecule has 27 heavy (non-hydrogen) atoms. The van der Waals surface area contributed by atoms with Gasteiger partial charge in [-0.25, -0.2) is 8.42 Å². The number of carbonyl (C=O) groups excluding carboxylic acids is 1. The summed E-state index contributed by atoms with van der Waals surface area (Å²) in [4.78, 5) is 12.4. The van der Waals surface area contributed by atoms with Gasteiger partial charge in [0.15, 0.2) is 0 Å². The average Bonchev–Trinajstić information content (AvgIpc) is 3.19. The molecule has 1 aromatic heterocycles. The van der Waals surface area contributed by atoms with Crippen LogP contribution in [0.1, 0.15) is 37.0 Å². The van der Waals surface area contributed by atoms with Gasteiger partial charge >= 0.3 is 0 Å². The smallest absolute Gasteiger partial charge is 0.243 e. The first-order valence-corrected chi connectivity index (χ1v) is 10.7. The highest BCUT2D eigenvalue weighted by Gasteiger charge is 2.30. The van der Waals surface area contributed by atoms with Crippen molar-refractivity contribution in [3.63, 3.8) is 0 Å². The minimum atomic E-state index is -3.47. The molecule has 2 aromatic rings. The average molecular weight is 391 g/mol. The molecule has 1 aliphatic rings. The Kier molecular flexibility index (Phi) is 6.34. The predicted molar refractivity (Wildman–Crippen MR) is 102 cm³/mol. The first-order chi connectivity index (χ1) is 12.9. The molecule has 1 N–H and O–H groups in total. The number of benzene rings is 1. The number of aryl methyl sites for hydroxylation is 1. The molecule has 1 atom stereocenters. The standard InChI is InChI=1S/C20H26N2O4S/c1-16-6-9-19(10-7-16)27(24,25)22-12-2-4-17(15-22)8-11-20(23)21-14-18-5-3-13-26-18/h3,5-7,9-10,13,17H,2,4,8,11-12,14-15H2,1H3,(H,21,23).